The Bertz CT molecular complexity index is 3110. The number of anilines is 2. The molecule has 0 saturated carbocycles. The Balaban J connectivity index is 0.00000326. The molecule has 0 aliphatic heterocycles. The first-order valence-corrected chi connectivity index (χ1v) is 27.9. The molecule has 23 nitrogen and oxygen atoms in total. The van der Waals surface area contributed by atoms with Crippen LogP contribution in [0.3, 0.4) is 0 Å². The third-order valence-corrected chi connectivity index (χ3v) is 11.8. The zero-order chi connectivity index (χ0) is 63.3. The van der Waals surface area contributed by atoms with Gasteiger partial charge in [-0.15, -0.1) is 0 Å². The number of aldehydes is 2. The minimum atomic E-state index is -4.84. The minimum absolute atomic E-state index is 0.0135. The molecule has 0 aliphatic carbocycles. The number of thiol groups is 1. The molecule has 1 unspecified atom stereocenters. The van der Waals surface area contributed by atoms with E-state index < -0.39 is 40.5 Å². The molecule has 4 heterocycles. The van der Waals surface area contributed by atoms with Crippen LogP contribution in [0.1, 0.15) is 142 Å². The van der Waals surface area contributed by atoms with Crippen molar-refractivity contribution in [2.24, 2.45) is 11.5 Å². The van der Waals surface area contributed by atoms with Gasteiger partial charge in [0.25, 0.3) is 11.8 Å². The van der Waals surface area contributed by atoms with Crippen LogP contribution < -0.4 is 31.6 Å². The van der Waals surface area contributed by atoms with Crippen molar-refractivity contribution in [1.82, 2.24) is 48.5 Å². The lowest BCUT2D eigenvalue weighted by atomic mass is 10.1. The number of ether oxygens (including phenoxy) is 2. The van der Waals surface area contributed by atoms with Gasteiger partial charge in [0.05, 0.1) is 35.7 Å². The normalized spacial score (nSPS) is 10.9. The largest absolute Gasteiger partial charge is 0.494 e. The number of benzene rings is 2. The molecule has 0 bridgehead atoms. The number of nitrogens with zero attached hydrogens (tertiary/aromatic N) is 10. The zero-order valence-corrected chi connectivity index (χ0v) is 51.2. The lowest BCUT2D eigenvalue weighted by molar-refractivity contribution is -0.141. The van der Waals surface area contributed by atoms with Crippen LogP contribution >= 0.6 is 12.6 Å². The molecule has 6 rings (SSSR count). The highest BCUT2D eigenvalue weighted by Crippen LogP contribution is 2.34. The Labute approximate surface area is 488 Å². The summed E-state index contributed by atoms with van der Waals surface area (Å²) >= 11 is 4.03. The number of halogens is 3. The molecule has 458 valence electrons. The quantitative estimate of drug-likeness (QED) is 0.0164. The van der Waals surface area contributed by atoms with E-state index in [9.17, 15) is 46.7 Å². The number of methoxy groups -OCH3 is 1. The van der Waals surface area contributed by atoms with Gasteiger partial charge in [-0.05, 0) is 64.6 Å². The second-order valence-electron chi connectivity index (χ2n) is 16.6. The third kappa shape index (κ3) is 19.8. The summed E-state index contributed by atoms with van der Waals surface area (Å²) in [6.07, 6.45) is -0.136. The van der Waals surface area contributed by atoms with Crippen LogP contribution in [0.15, 0.2) is 48.6 Å². The SMILES string of the molecule is CC.CC.CC.CC.CCn1nc(C)cc1C(=O)Nc1nc2cc(C(N)=O)cc(OC)c2n1C/C=C/Cn1c(NC(=O)c2cc(C(F)(F)F)nn2CC)nc2cc(C=O)cc(OCCCN(C)C(=O)CCN(C)C(=O)CC(S)C=O)c21.CN. The number of hydrogen-bond donors (Lipinski definition) is 5. The fourth-order valence-corrected chi connectivity index (χ4v) is 7.87. The van der Waals surface area contributed by atoms with E-state index in [-0.39, 0.29) is 121 Å². The first-order chi connectivity index (χ1) is 39.7. The van der Waals surface area contributed by atoms with E-state index in [2.05, 4.69) is 49.2 Å². The molecule has 83 heavy (non-hydrogen) atoms. The molecule has 27 heteroatoms. The van der Waals surface area contributed by atoms with Crippen LogP contribution in [0.4, 0.5) is 25.1 Å². The number of hydrogen-bond acceptors (Lipinski definition) is 15. The number of amides is 5. The number of carbonyl (C=O) groups is 7. The number of fused-ring (bicyclic) bond motifs is 2. The average molecular weight is 1190 g/mol. The molecule has 6 aromatic rings. The summed E-state index contributed by atoms with van der Waals surface area (Å²) in [7, 11) is 6.00. The van der Waals surface area contributed by atoms with E-state index in [1.807, 2.05) is 62.3 Å². The number of allylic oxidation sites excluding steroid dienone is 2. The molecule has 0 radical (unpaired) electrons. The summed E-state index contributed by atoms with van der Waals surface area (Å²) in [4.78, 5) is 100. The third-order valence-electron chi connectivity index (χ3n) is 11.5. The molecule has 0 saturated heterocycles. The van der Waals surface area contributed by atoms with Gasteiger partial charge in [-0.2, -0.15) is 36.0 Å². The van der Waals surface area contributed by atoms with Gasteiger partial charge >= 0.3 is 6.18 Å². The molecule has 0 spiro atoms. The Kier molecular flexibility index (Phi) is 32.0. The molecule has 1 atom stereocenters. The van der Waals surface area contributed by atoms with Gasteiger partial charge in [0.1, 0.15) is 46.5 Å². The summed E-state index contributed by atoms with van der Waals surface area (Å²) in [5.74, 6) is -2.52. The summed E-state index contributed by atoms with van der Waals surface area (Å²) in [5, 5.41) is 12.6. The van der Waals surface area contributed by atoms with Gasteiger partial charge < -0.3 is 44.7 Å². The van der Waals surface area contributed by atoms with Crippen LogP contribution in [0.5, 0.6) is 11.5 Å². The number of imidazole rings is 2. The topological polar surface area (TPSA) is 292 Å². The predicted molar refractivity (Wildman–Crippen MR) is 319 cm³/mol. The van der Waals surface area contributed by atoms with Crippen LogP contribution in [-0.2, 0) is 46.7 Å². The van der Waals surface area contributed by atoms with E-state index in [1.165, 1.54) is 71.4 Å². The Morgan fingerprint density at radius 1 is 0.735 bits per heavy atom. The molecular weight excluding hydrogens is 1100 g/mol. The lowest BCUT2D eigenvalue weighted by Crippen LogP contribution is -2.35. The van der Waals surface area contributed by atoms with Crippen molar-refractivity contribution in [3.05, 3.63) is 82.5 Å². The molecule has 0 aliphatic rings. The van der Waals surface area contributed by atoms with Gasteiger partial charge in [-0.1, -0.05) is 67.5 Å². The smallest absolute Gasteiger partial charge is 0.435 e. The highest BCUT2D eigenvalue weighted by Gasteiger charge is 2.36. The molecular formula is C56H83F3N14O9S. The van der Waals surface area contributed by atoms with Crippen molar-refractivity contribution < 1.29 is 56.2 Å². The van der Waals surface area contributed by atoms with Crippen molar-refractivity contribution in [1.29, 1.82) is 0 Å². The Morgan fingerprint density at radius 3 is 1.73 bits per heavy atom. The highest BCUT2D eigenvalue weighted by molar-refractivity contribution is 7.81. The first kappa shape index (κ1) is 72.9. The minimum Gasteiger partial charge on any atom is -0.494 e. The number of nitrogens with two attached hydrogens (primary N) is 2. The van der Waals surface area contributed by atoms with E-state index in [0.717, 1.165) is 4.68 Å². The summed E-state index contributed by atoms with van der Waals surface area (Å²) < 4.78 is 58.7. The Morgan fingerprint density at radius 2 is 1.24 bits per heavy atom. The molecule has 0 fully saturated rings. The van der Waals surface area contributed by atoms with Gasteiger partial charge in [0, 0.05) is 83.4 Å². The summed E-state index contributed by atoms with van der Waals surface area (Å²) in [6, 6.07) is 8.04. The van der Waals surface area contributed by atoms with E-state index in [1.54, 1.807) is 36.8 Å². The maximum atomic E-state index is 13.8. The maximum absolute atomic E-state index is 13.8. The van der Waals surface area contributed by atoms with E-state index in [4.69, 9.17) is 15.2 Å². The Hall–Kier alpha value is -8.07. The average Bonchev–Trinajstić information content (AvgIpc) is 4.34. The zero-order valence-electron chi connectivity index (χ0n) is 50.3. The first-order valence-electron chi connectivity index (χ1n) is 27.4. The van der Waals surface area contributed by atoms with E-state index >= 15 is 0 Å². The van der Waals surface area contributed by atoms with E-state index in [0.29, 0.717) is 42.8 Å². The van der Waals surface area contributed by atoms with Crippen molar-refractivity contribution in [3.8, 4) is 11.5 Å². The number of rotatable bonds is 24. The second-order valence-corrected chi connectivity index (χ2v) is 17.3. The standard InChI is InChI=1S/C47H54F3N13O9S.4C2H6.CH5N/c1-7-62-33(18-27(3)56-62)43(69)54-46-53-32-21-29(42(51)68)22-35(71-6)40(32)60(46)14-9-10-15-61-41-31(52-45(61)55-44(70)34-24-37(47(48,49)50)57-63(34)8-2)19-28(25-64)20-36(41)72-17-11-13-58(4)38(66)12-16-59(5)39(67)23-30(73)26-65;5*1-2/h9-10,18-22,24-26,30,73H,7-8,11-17,23H2,1-6H3,(H2,51,68)(H,52,55,70)(H,53,54,69);4*1-2H3;2H2,1H3/b10-9+;;;;;. The molecule has 2 aromatic carbocycles. The van der Waals surface area contributed by atoms with Crippen LogP contribution in [0.25, 0.3) is 22.1 Å². The molecule has 6 N–H and O–H groups in total. The lowest BCUT2D eigenvalue weighted by Gasteiger charge is -2.21. The van der Waals surface area contributed by atoms with Gasteiger partial charge in [-0.25, -0.2) is 9.97 Å². The number of aryl methyl sites for hydroxylation is 3. The highest BCUT2D eigenvalue weighted by atomic mass is 32.1. The fourth-order valence-electron chi connectivity index (χ4n) is 7.71. The van der Waals surface area contributed by atoms with Gasteiger partial charge in [0.15, 0.2) is 5.69 Å². The predicted octanol–water partition coefficient (Wildman–Crippen LogP) is 8.47. The maximum Gasteiger partial charge on any atom is 0.435 e. The molecule has 4 aromatic heterocycles. The number of primary amides is 1. The summed E-state index contributed by atoms with van der Waals surface area (Å²) in [5.41, 5.74) is 10.7. The number of carbonyl (C=O) groups excluding carboxylic acids is 7. The van der Waals surface area contributed by atoms with Crippen molar-refractivity contribution in [3.63, 3.8) is 0 Å². The monoisotopic (exact) mass is 1180 g/mol. The number of nitrogens with one attached hydrogen (secondary N) is 2. The number of aromatic nitrogens is 8. The van der Waals surface area contributed by atoms with Gasteiger partial charge in [0.2, 0.25) is 29.6 Å². The van der Waals surface area contributed by atoms with Crippen LogP contribution in [-0.4, -0.2) is 144 Å². The van der Waals surface area contributed by atoms with Crippen LogP contribution in [0.2, 0.25) is 0 Å². The number of alkyl halides is 3. The fraction of sp³-hybridized carbons (Fsp3) is 0.482. The van der Waals surface area contributed by atoms with Crippen molar-refractivity contribution in [2.75, 3.05) is 58.6 Å². The van der Waals surface area contributed by atoms with Crippen LogP contribution in [0, 0.1) is 6.92 Å². The van der Waals surface area contributed by atoms with Gasteiger partial charge in [-0.3, -0.25) is 48.8 Å². The van der Waals surface area contributed by atoms with Crippen molar-refractivity contribution >= 4 is 88.7 Å². The second kappa shape index (κ2) is 36.4. The van der Waals surface area contributed by atoms with Crippen molar-refractivity contribution in [2.45, 2.75) is 133 Å². The molecule has 5 amide bonds. The summed E-state index contributed by atoms with van der Waals surface area (Å²) in [6.45, 7) is 21.7.